The van der Waals surface area contributed by atoms with Crippen LogP contribution in [0.25, 0.3) is 10.9 Å². The Hall–Kier alpha value is -1.02. The zero-order valence-corrected chi connectivity index (χ0v) is 9.34. The van der Waals surface area contributed by atoms with Crippen molar-refractivity contribution in [3.05, 3.63) is 29.2 Å². The lowest BCUT2D eigenvalue weighted by atomic mass is 10.1. The van der Waals surface area contributed by atoms with E-state index in [2.05, 4.69) is 36.5 Å². The van der Waals surface area contributed by atoms with E-state index in [1.165, 1.54) is 5.69 Å². The minimum Gasteiger partial charge on any atom is -0.347 e. The van der Waals surface area contributed by atoms with E-state index in [-0.39, 0.29) is 0 Å². The lowest BCUT2D eigenvalue weighted by molar-refractivity contribution is 0.755. The van der Waals surface area contributed by atoms with Gasteiger partial charge in [-0.2, -0.15) is 0 Å². The molecule has 0 fully saturated rings. The van der Waals surface area contributed by atoms with Crippen LogP contribution in [0.15, 0.2) is 18.3 Å². The first-order chi connectivity index (χ1) is 6.61. The highest BCUT2D eigenvalue weighted by Gasteiger charge is 2.10. The quantitative estimate of drug-likeness (QED) is 0.658. The fourth-order valence-corrected chi connectivity index (χ4v) is 2.01. The summed E-state index contributed by atoms with van der Waals surface area (Å²) in [6.45, 7) is 4.35. The van der Waals surface area contributed by atoms with Crippen LogP contribution in [-0.2, 0) is 7.05 Å². The van der Waals surface area contributed by atoms with Gasteiger partial charge in [0, 0.05) is 24.3 Å². The molecule has 0 radical (unpaired) electrons. The molecule has 2 rings (SSSR count). The van der Waals surface area contributed by atoms with E-state index in [9.17, 15) is 0 Å². The summed E-state index contributed by atoms with van der Waals surface area (Å²) in [5.74, 6) is 0.503. The molecule has 14 heavy (non-hydrogen) atoms. The summed E-state index contributed by atoms with van der Waals surface area (Å²) in [6, 6.07) is 4.11. The van der Waals surface area contributed by atoms with Crippen molar-refractivity contribution in [1.29, 1.82) is 0 Å². The maximum Gasteiger partial charge on any atom is 0.138 e. The average Bonchev–Trinajstić information content (AvgIpc) is 2.46. The summed E-state index contributed by atoms with van der Waals surface area (Å²) in [5, 5.41) is 1.63. The molecule has 2 heterocycles. The third kappa shape index (κ3) is 1.30. The van der Waals surface area contributed by atoms with Crippen LogP contribution in [0.2, 0.25) is 5.15 Å². The van der Waals surface area contributed by atoms with E-state index in [1.807, 2.05) is 6.07 Å². The van der Waals surface area contributed by atoms with Gasteiger partial charge in [-0.3, -0.25) is 0 Å². The molecule has 0 atom stereocenters. The average molecular weight is 209 g/mol. The Morgan fingerprint density at radius 1 is 1.43 bits per heavy atom. The van der Waals surface area contributed by atoms with Gasteiger partial charge in [0.05, 0.1) is 5.52 Å². The number of halogens is 1. The summed E-state index contributed by atoms with van der Waals surface area (Å²) in [6.07, 6.45) is 1.74. The van der Waals surface area contributed by atoms with E-state index in [1.54, 1.807) is 6.20 Å². The predicted molar refractivity (Wildman–Crippen MR) is 59.8 cm³/mol. The predicted octanol–water partition coefficient (Wildman–Crippen LogP) is 3.35. The number of pyridine rings is 1. The Morgan fingerprint density at radius 2 is 2.14 bits per heavy atom. The lowest BCUT2D eigenvalue weighted by Gasteiger charge is -2.06. The highest BCUT2D eigenvalue weighted by atomic mass is 35.5. The summed E-state index contributed by atoms with van der Waals surface area (Å²) in [7, 11) is 2.06. The number of hydrogen-bond acceptors (Lipinski definition) is 1. The van der Waals surface area contributed by atoms with Crippen LogP contribution in [0.3, 0.4) is 0 Å². The molecule has 0 saturated carbocycles. The molecule has 0 aromatic carbocycles. The lowest BCUT2D eigenvalue weighted by Crippen LogP contribution is -1.97. The number of nitrogens with zero attached hydrogens (tertiary/aromatic N) is 2. The van der Waals surface area contributed by atoms with Crippen LogP contribution >= 0.6 is 11.6 Å². The van der Waals surface area contributed by atoms with E-state index in [4.69, 9.17) is 11.6 Å². The standard InChI is InChI=1S/C11H13ClN2/c1-7(2)10-6-8-9(14(10)3)4-5-13-11(8)12/h4-7H,1-3H3. The van der Waals surface area contributed by atoms with E-state index in [0.717, 1.165) is 10.9 Å². The van der Waals surface area contributed by atoms with Crippen LogP contribution in [0.5, 0.6) is 0 Å². The maximum atomic E-state index is 6.02. The van der Waals surface area contributed by atoms with Gasteiger partial charge in [0.25, 0.3) is 0 Å². The van der Waals surface area contributed by atoms with Crippen molar-refractivity contribution < 1.29 is 0 Å². The van der Waals surface area contributed by atoms with Crippen molar-refractivity contribution in [2.24, 2.45) is 7.05 Å². The fourth-order valence-electron chi connectivity index (χ4n) is 1.80. The first kappa shape index (κ1) is 9.53. The number of aromatic nitrogens is 2. The van der Waals surface area contributed by atoms with E-state index < -0.39 is 0 Å². The minimum absolute atomic E-state index is 0.503. The molecule has 0 aliphatic carbocycles. The fraction of sp³-hybridized carbons (Fsp3) is 0.364. The Bertz CT molecular complexity index is 471. The van der Waals surface area contributed by atoms with Crippen LogP contribution < -0.4 is 0 Å². The molecule has 2 aromatic rings. The van der Waals surface area contributed by atoms with Crippen molar-refractivity contribution in [1.82, 2.24) is 9.55 Å². The number of rotatable bonds is 1. The monoisotopic (exact) mass is 208 g/mol. The molecule has 0 amide bonds. The number of fused-ring (bicyclic) bond motifs is 1. The molecule has 0 bridgehead atoms. The SMILES string of the molecule is CC(C)c1cc2c(Cl)nccc2n1C. The topological polar surface area (TPSA) is 17.8 Å². The normalized spacial score (nSPS) is 11.5. The van der Waals surface area contributed by atoms with E-state index >= 15 is 0 Å². The molecule has 74 valence electrons. The number of hydrogen-bond donors (Lipinski definition) is 0. The zero-order chi connectivity index (χ0) is 10.3. The number of aryl methyl sites for hydroxylation is 1. The van der Waals surface area contributed by atoms with Gasteiger partial charge in [0.1, 0.15) is 5.15 Å². The van der Waals surface area contributed by atoms with Gasteiger partial charge in [0.15, 0.2) is 0 Å². The van der Waals surface area contributed by atoms with Gasteiger partial charge < -0.3 is 4.57 Å². The Balaban J connectivity index is 2.80. The first-order valence-corrected chi connectivity index (χ1v) is 5.09. The molecule has 2 aromatic heterocycles. The highest BCUT2D eigenvalue weighted by Crippen LogP contribution is 2.27. The van der Waals surface area contributed by atoms with Crippen LogP contribution in [-0.4, -0.2) is 9.55 Å². The molecule has 0 aliphatic rings. The van der Waals surface area contributed by atoms with Crippen molar-refractivity contribution in [2.45, 2.75) is 19.8 Å². The molecule has 0 N–H and O–H groups in total. The van der Waals surface area contributed by atoms with Gasteiger partial charge in [-0.1, -0.05) is 25.4 Å². The molecular formula is C11H13ClN2. The third-order valence-corrected chi connectivity index (χ3v) is 2.85. The van der Waals surface area contributed by atoms with Crippen molar-refractivity contribution in [3.63, 3.8) is 0 Å². The largest absolute Gasteiger partial charge is 0.347 e. The molecular weight excluding hydrogens is 196 g/mol. The Kier molecular flexibility index (Phi) is 2.23. The Labute approximate surface area is 88.5 Å². The van der Waals surface area contributed by atoms with Gasteiger partial charge in [-0.15, -0.1) is 0 Å². The smallest absolute Gasteiger partial charge is 0.138 e. The Morgan fingerprint density at radius 3 is 2.71 bits per heavy atom. The third-order valence-electron chi connectivity index (χ3n) is 2.55. The molecule has 0 saturated heterocycles. The van der Waals surface area contributed by atoms with Crippen molar-refractivity contribution in [2.75, 3.05) is 0 Å². The molecule has 0 unspecified atom stereocenters. The van der Waals surface area contributed by atoms with Crippen molar-refractivity contribution >= 4 is 22.5 Å². The minimum atomic E-state index is 0.503. The van der Waals surface area contributed by atoms with Gasteiger partial charge in [-0.05, 0) is 18.1 Å². The second kappa shape index (κ2) is 3.28. The van der Waals surface area contributed by atoms with E-state index in [0.29, 0.717) is 11.1 Å². The maximum absolute atomic E-state index is 6.02. The summed E-state index contributed by atoms with van der Waals surface area (Å²) in [4.78, 5) is 4.07. The second-order valence-electron chi connectivity index (χ2n) is 3.82. The summed E-state index contributed by atoms with van der Waals surface area (Å²) in [5.41, 5.74) is 2.43. The van der Waals surface area contributed by atoms with Gasteiger partial charge >= 0.3 is 0 Å². The van der Waals surface area contributed by atoms with Crippen LogP contribution in [0, 0.1) is 0 Å². The van der Waals surface area contributed by atoms with Crippen molar-refractivity contribution in [3.8, 4) is 0 Å². The first-order valence-electron chi connectivity index (χ1n) is 4.71. The molecule has 2 nitrogen and oxygen atoms in total. The molecule has 0 aliphatic heterocycles. The molecule has 0 spiro atoms. The second-order valence-corrected chi connectivity index (χ2v) is 4.18. The zero-order valence-electron chi connectivity index (χ0n) is 8.58. The molecule has 3 heteroatoms. The van der Waals surface area contributed by atoms with Gasteiger partial charge in [-0.25, -0.2) is 4.98 Å². The van der Waals surface area contributed by atoms with Crippen LogP contribution in [0.1, 0.15) is 25.5 Å². The summed E-state index contributed by atoms with van der Waals surface area (Å²) >= 11 is 6.02. The van der Waals surface area contributed by atoms with Gasteiger partial charge in [0.2, 0.25) is 0 Å². The van der Waals surface area contributed by atoms with Crippen LogP contribution in [0.4, 0.5) is 0 Å². The summed E-state index contributed by atoms with van der Waals surface area (Å²) < 4.78 is 2.17. The highest BCUT2D eigenvalue weighted by molar-refractivity contribution is 6.34.